The maximum absolute atomic E-state index is 11.5. The molecule has 116 valence electrons. The standard InChI is InChI=1S/C6H15NO3P.C4H10NO3/c1-4-9-11(8,6-7-3)10-5-2;1-3-7-5(6)8-4-2/h4-6H2,1-3H3;3-4H2,1-2H3/q-1;+1. The van der Waals surface area contributed by atoms with Crippen LogP contribution in [0.2, 0.25) is 0 Å². The normalized spacial score (nSPS) is 10.4. The lowest BCUT2D eigenvalue weighted by atomic mass is 10.9. The van der Waals surface area contributed by atoms with E-state index in [1.807, 2.05) is 0 Å². The number of hydrogen-bond acceptors (Lipinski definition) is 6. The topological polar surface area (TPSA) is 88.2 Å². The Bertz CT molecular complexity index is 233. The Morgan fingerprint density at radius 3 is 1.63 bits per heavy atom. The molecule has 0 atom stereocenters. The molecular formula is C10H25N2O6P. The zero-order valence-electron chi connectivity index (χ0n) is 12.3. The Morgan fingerprint density at radius 1 is 0.947 bits per heavy atom. The van der Waals surface area contributed by atoms with E-state index in [1.54, 1.807) is 34.7 Å². The first-order valence-corrected chi connectivity index (χ1v) is 7.89. The summed E-state index contributed by atoms with van der Waals surface area (Å²) in [7, 11) is -1.30. The van der Waals surface area contributed by atoms with E-state index in [9.17, 15) is 9.47 Å². The van der Waals surface area contributed by atoms with Crippen LogP contribution in [0.4, 0.5) is 0 Å². The summed E-state index contributed by atoms with van der Waals surface area (Å²) in [6, 6.07) is 0. The number of hydrogen-bond donors (Lipinski definition) is 0. The second-order valence-corrected chi connectivity index (χ2v) is 4.98. The molecule has 19 heavy (non-hydrogen) atoms. The minimum atomic E-state index is -2.89. The van der Waals surface area contributed by atoms with Gasteiger partial charge in [-0.15, -0.1) is 0 Å². The maximum Gasteiger partial charge on any atom is 0.477 e. The van der Waals surface area contributed by atoms with Crippen molar-refractivity contribution in [3.05, 3.63) is 10.2 Å². The molecule has 0 radical (unpaired) electrons. The molecule has 8 nitrogen and oxygen atoms in total. The van der Waals surface area contributed by atoms with Crippen LogP contribution in [0, 0.1) is 4.91 Å². The van der Waals surface area contributed by atoms with Crippen molar-refractivity contribution in [1.29, 1.82) is 0 Å². The highest BCUT2D eigenvalue weighted by molar-refractivity contribution is 7.54. The van der Waals surface area contributed by atoms with Gasteiger partial charge in [-0.05, 0) is 34.0 Å². The molecule has 0 spiro atoms. The van der Waals surface area contributed by atoms with E-state index in [0.29, 0.717) is 26.4 Å². The van der Waals surface area contributed by atoms with Crippen molar-refractivity contribution in [2.45, 2.75) is 27.7 Å². The number of rotatable bonds is 10. The van der Waals surface area contributed by atoms with Crippen LogP contribution in [0.15, 0.2) is 0 Å². The van der Waals surface area contributed by atoms with Gasteiger partial charge in [0, 0.05) is 0 Å². The highest BCUT2D eigenvalue weighted by atomic mass is 31.2. The maximum atomic E-state index is 11.5. The molecule has 0 heterocycles. The Balaban J connectivity index is 0. The summed E-state index contributed by atoms with van der Waals surface area (Å²) in [5, 5.41) is 3.84. The van der Waals surface area contributed by atoms with Crippen molar-refractivity contribution in [1.82, 2.24) is 0 Å². The zero-order chi connectivity index (χ0) is 15.1. The third-order valence-corrected chi connectivity index (χ3v) is 3.37. The minimum Gasteiger partial charge on any atom is -0.655 e. The van der Waals surface area contributed by atoms with Crippen molar-refractivity contribution in [3.8, 4) is 0 Å². The fraction of sp³-hybridized carbons (Fsp3) is 1.00. The number of nitrogens with zero attached hydrogens (tertiary/aromatic N) is 2. The first kappa shape index (κ1) is 20.6. The van der Waals surface area contributed by atoms with Crippen LogP contribution >= 0.6 is 7.60 Å². The predicted molar refractivity (Wildman–Crippen MR) is 71.9 cm³/mol. The molecule has 0 rings (SSSR count). The molecular weight excluding hydrogens is 275 g/mol. The average molecular weight is 300 g/mol. The van der Waals surface area contributed by atoms with Gasteiger partial charge in [0.2, 0.25) is 0 Å². The lowest BCUT2D eigenvalue weighted by Gasteiger charge is -2.22. The van der Waals surface area contributed by atoms with Crippen molar-refractivity contribution in [2.24, 2.45) is 0 Å². The fourth-order valence-corrected chi connectivity index (χ4v) is 2.30. The van der Waals surface area contributed by atoms with Gasteiger partial charge in [-0.25, -0.2) is 0 Å². The summed E-state index contributed by atoms with van der Waals surface area (Å²) in [6.07, 6.45) is 0.147. The first-order valence-electron chi connectivity index (χ1n) is 6.16. The lowest BCUT2D eigenvalue weighted by molar-refractivity contribution is -0.980. The van der Waals surface area contributed by atoms with Gasteiger partial charge in [-0.1, -0.05) is 0 Å². The highest BCUT2D eigenvalue weighted by Crippen LogP contribution is 2.48. The van der Waals surface area contributed by atoms with Crippen molar-refractivity contribution in [3.63, 3.8) is 0 Å². The van der Waals surface area contributed by atoms with E-state index in [2.05, 4.69) is 15.0 Å². The predicted octanol–water partition coefficient (Wildman–Crippen LogP) is 2.88. The highest BCUT2D eigenvalue weighted by Gasteiger charge is 2.16. The van der Waals surface area contributed by atoms with E-state index in [-0.39, 0.29) is 11.4 Å². The van der Waals surface area contributed by atoms with E-state index in [0.717, 1.165) is 0 Å². The van der Waals surface area contributed by atoms with E-state index < -0.39 is 7.60 Å². The Hall–Kier alpha value is -0.690. The van der Waals surface area contributed by atoms with Gasteiger partial charge in [-0.2, -0.15) is 16.7 Å². The molecule has 0 saturated carbocycles. The van der Waals surface area contributed by atoms with Crippen LogP contribution in [-0.2, 0) is 23.3 Å². The molecule has 0 fully saturated rings. The van der Waals surface area contributed by atoms with Crippen LogP contribution in [0.5, 0.6) is 0 Å². The molecule has 0 aliphatic rings. The van der Waals surface area contributed by atoms with Gasteiger partial charge in [0.1, 0.15) is 4.91 Å². The average Bonchev–Trinajstić information content (AvgIpc) is 2.31. The minimum absolute atomic E-state index is 0.111. The molecule has 0 saturated heterocycles. The van der Waals surface area contributed by atoms with Crippen molar-refractivity contribution in [2.75, 3.05) is 39.8 Å². The molecule has 0 N–H and O–H groups in total. The summed E-state index contributed by atoms with van der Waals surface area (Å²) in [5.74, 6) is 0. The van der Waals surface area contributed by atoms with Crippen LogP contribution in [0.25, 0.3) is 5.32 Å². The molecule has 0 aromatic carbocycles. The van der Waals surface area contributed by atoms with Crippen molar-refractivity contribution >= 4 is 7.60 Å². The molecule has 0 aromatic heterocycles. The summed E-state index contributed by atoms with van der Waals surface area (Å²) in [6.45, 7) is 8.45. The second kappa shape index (κ2) is 13.7. The van der Waals surface area contributed by atoms with Gasteiger partial charge < -0.3 is 14.4 Å². The van der Waals surface area contributed by atoms with Crippen LogP contribution in [0.1, 0.15) is 27.7 Å². The van der Waals surface area contributed by atoms with Gasteiger partial charge in [0.05, 0.1) is 13.2 Å². The van der Waals surface area contributed by atoms with Gasteiger partial charge in [0.15, 0.2) is 13.2 Å². The van der Waals surface area contributed by atoms with Crippen molar-refractivity contribution < 1.29 is 28.4 Å². The zero-order valence-corrected chi connectivity index (χ0v) is 13.2. The Kier molecular flexibility index (Phi) is 14.9. The summed E-state index contributed by atoms with van der Waals surface area (Å²) in [5.41, 5.74) is 0. The van der Waals surface area contributed by atoms with Gasteiger partial charge in [-0.3, -0.25) is 4.57 Å². The van der Waals surface area contributed by atoms with Crippen LogP contribution in [0.3, 0.4) is 0 Å². The molecule has 0 amide bonds. The first-order chi connectivity index (χ1) is 8.99. The van der Waals surface area contributed by atoms with E-state index in [4.69, 9.17) is 9.05 Å². The Morgan fingerprint density at radius 2 is 1.37 bits per heavy atom. The molecule has 0 unspecified atom stereocenters. The second-order valence-electron chi connectivity index (χ2n) is 2.96. The van der Waals surface area contributed by atoms with Gasteiger partial charge in [0.25, 0.3) is 0 Å². The smallest absolute Gasteiger partial charge is 0.477 e. The summed E-state index contributed by atoms with van der Waals surface area (Å²) >= 11 is 0. The quantitative estimate of drug-likeness (QED) is 0.455. The lowest BCUT2D eigenvalue weighted by Crippen LogP contribution is -2.09. The summed E-state index contributed by atoms with van der Waals surface area (Å²) < 4.78 is 21.4. The summed E-state index contributed by atoms with van der Waals surface area (Å²) in [4.78, 5) is 18.8. The van der Waals surface area contributed by atoms with Gasteiger partial charge >= 0.3 is 12.7 Å². The molecule has 0 bridgehead atoms. The Labute approximate surface area is 114 Å². The third kappa shape index (κ3) is 13.5. The molecule has 0 aliphatic carbocycles. The SMILES string of the molecule is CCOP(=O)(C[N-]C)OCC.CCO[N+](=O)OCC. The van der Waals surface area contributed by atoms with E-state index >= 15 is 0 Å². The molecule has 9 heteroatoms. The largest absolute Gasteiger partial charge is 0.655 e. The van der Waals surface area contributed by atoms with E-state index in [1.165, 1.54) is 0 Å². The molecule has 0 aromatic rings. The monoisotopic (exact) mass is 300 g/mol. The van der Waals surface area contributed by atoms with Crippen LogP contribution in [-0.4, -0.2) is 44.8 Å². The molecule has 0 aliphatic heterocycles. The fourth-order valence-electron chi connectivity index (χ4n) is 0.934. The van der Waals surface area contributed by atoms with Crippen LogP contribution < -0.4 is 0 Å². The third-order valence-electron chi connectivity index (χ3n) is 1.44.